The normalized spacial score (nSPS) is 16.2. The Morgan fingerprint density at radius 2 is 0.471 bits per heavy atom. The maximum atomic E-state index is 2.04. The van der Waals surface area contributed by atoms with Crippen molar-refractivity contribution < 1.29 is 22.4 Å². The van der Waals surface area contributed by atoms with E-state index in [9.17, 15) is 0 Å². The summed E-state index contributed by atoms with van der Waals surface area (Å²) < 4.78 is 0. The van der Waals surface area contributed by atoms with Gasteiger partial charge in [-0.15, -0.1) is 0 Å². The molecule has 2 aliphatic carbocycles. The molecule has 0 N–H and O–H groups in total. The van der Waals surface area contributed by atoms with Crippen molar-refractivity contribution in [1.29, 1.82) is 0 Å². The van der Waals surface area contributed by atoms with Gasteiger partial charge in [0.15, 0.2) is 0 Å². The quantitative estimate of drug-likeness (QED) is 0.608. The first-order valence-corrected chi connectivity index (χ1v) is 8.23. The fourth-order valence-corrected chi connectivity index (χ4v) is 0.642. The van der Waals surface area contributed by atoms with Crippen molar-refractivity contribution in [2.45, 2.75) is 0 Å². The summed E-state index contributed by atoms with van der Waals surface area (Å²) in [6.45, 7) is 0. The van der Waals surface area contributed by atoms with Crippen molar-refractivity contribution in [3.05, 3.63) is 64.2 Å². The summed E-state index contributed by atoms with van der Waals surface area (Å²) in [5.41, 5.74) is 0. The molecule has 0 amide bonds. The maximum Gasteiger partial charge on any atom is 0 e. The van der Waals surface area contributed by atoms with E-state index >= 15 is 0 Å². The molecule has 0 spiro atoms. The molecule has 0 atom stereocenters. The first-order valence-electron chi connectivity index (χ1n) is 4.97. The molecule has 17 heavy (non-hydrogen) atoms. The topological polar surface area (TPSA) is 0 Å². The summed E-state index contributed by atoms with van der Waals surface area (Å²) in [7, 11) is 0. The SMILES string of the molecule is CSC.CSC.[CH]1[CH][CH][CH][CH]1.[CH]1[CH][CH][CH][CH]1.[Nb]. The molecule has 0 aromatic carbocycles. The van der Waals surface area contributed by atoms with Crippen LogP contribution in [0.3, 0.4) is 0 Å². The maximum absolute atomic E-state index is 2.04. The largest absolute Gasteiger partial charge is 0.169 e. The molecule has 11 radical (unpaired) electrons. The van der Waals surface area contributed by atoms with Gasteiger partial charge in [-0.05, 0) is 89.2 Å². The second-order valence-electron chi connectivity index (χ2n) is 2.74. The molecule has 0 saturated heterocycles. The van der Waals surface area contributed by atoms with Crippen LogP contribution in [0.4, 0.5) is 0 Å². The van der Waals surface area contributed by atoms with Gasteiger partial charge in [0.1, 0.15) is 0 Å². The molecule has 95 valence electrons. The van der Waals surface area contributed by atoms with Crippen molar-refractivity contribution in [2.24, 2.45) is 0 Å². The van der Waals surface area contributed by atoms with E-state index in [1.165, 1.54) is 0 Å². The average molecular weight is 347 g/mol. The van der Waals surface area contributed by atoms with Crippen LogP contribution in [0, 0.1) is 64.2 Å². The van der Waals surface area contributed by atoms with E-state index in [0.29, 0.717) is 0 Å². The third-order valence-electron chi connectivity index (χ3n) is 1.11. The van der Waals surface area contributed by atoms with E-state index in [0.717, 1.165) is 0 Å². The Morgan fingerprint density at radius 3 is 0.529 bits per heavy atom. The monoisotopic (exact) mass is 347 g/mol. The number of hydrogen-bond acceptors (Lipinski definition) is 2. The van der Waals surface area contributed by atoms with Crippen molar-refractivity contribution in [2.75, 3.05) is 25.0 Å². The van der Waals surface area contributed by atoms with Gasteiger partial charge in [0, 0.05) is 22.4 Å². The standard InChI is InChI=1S/2C5H5.2C2H6S.Nb/c2*1-2-4-5-3-1;2*1-3-2;/h2*1-5H;2*1-2H3;. The molecule has 0 aromatic rings. The Morgan fingerprint density at radius 1 is 0.412 bits per heavy atom. The minimum Gasteiger partial charge on any atom is -0.169 e. The fourth-order valence-electron chi connectivity index (χ4n) is 0.642. The molecular formula is C14H22NbS2. The van der Waals surface area contributed by atoms with Gasteiger partial charge in [0.05, 0.1) is 0 Å². The van der Waals surface area contributed by atoms with Gasteiger partial charge in [-0.2, -0.15) is 23.5 Å². The van der Waals surface area contributed by atoms with E-state index in [4.69, 9.17) is 0 Å². The number of rotatable bonds is 0. The number of thioether (sulfide) groups is 2. The Kier molecular flexibility index (Phi) is 36.1. The molecule has 0 aromatic heterocycles. The van der Waals surface area contributed by atoms with Crippen molar-refractivity contribution >= 4 is 23.5 Å². The zero-order valence-corrected chi connectivity index (χ0v) is 14.9. The van der Waals surface area contributed by atoms with E-state index in [1.807, 2.05) is 89.2 Å². The zero-order chi connectivity index (χ0) is 12.5. The summed E-state index contributed by atoms with van der Waals surface area (Å²) in [6.07, 6.45) is 28.2. The second-order valence-corrected chi connectivity index (χ2v) is 4.37. The van der Waals surface area contributed by atoms with Crippen molar-refractivity contribution in [3.8, 4) is 0 Å². The van der Waals surface area contributed by atoms with Crippen LogP contribution in [-0.2, 0) is 22.4 Å². The van der Waals surface area contributed by atoms with Crippen molar-refractivity contribution in [1.82, 2.24) is 0 Å². The first-order chi connectivity index (χ1) is 7.83. The van der Waals surface area contributed by atoms with Gasteiger partial charge in [-0.25, -0.2) is 0 Å². The van der Waals surface area contributed by atoms with Crippen LogP contribution in [0.1, 0.15) is 0 Å². The summed E-state index contributed by atoms with van der Waals surface area (Å²) >= 11 is 3.50. The van der Waals surface area contributed by atoms with E-state index < -0.39 is 0 Å². The van der Waals surface area contributed by atoms with Gasteiger partial charge in [-0.1, -0.05) is 0 Å². The minimum atomic E-state index is 0. The summed E-state index contributed by atoms with van der Waals surface area (Å²) in [5.74, 6) is 0. The molecule has 0 heterocycles. The molecule has 0 bridgehead atoms. The van der Waals surface area contributed by atoms with E-state index in [2.05, 4.69) is 0 Å². The first kappa shape index (κ1) is 23.5. The minimum absolute atomic E-state index is 0. The molecule has 0 aliphatic heterocycles. The smallest absolute Gasteiger partial charge is 0 e. The van der Waals surface area contributed by atoms with Gasteiger partial charge >= 0.3 is 0 Å². The van der Waals surface area contributed by atoms with Crippen LogP contribution >= 0.6 is 23.5 Å². The molecule has 3 heteroatoms. The van der Waals surface area contributed by atoms with Gasteiger partial charge in [0.2, 0.25) is 0 Å². The van der Waals surface area contributed by atoms with E-state index in [-0.39, 0.29) is 22.4 Å². The van der Waals surface area contributed by atoms with Crippen molar-refractivity contribution in [3.63, 3.8) is 0 Å². The third-order valence-corrected chi connectivity index (χ3v) is 1.11. The zero-order valence-electron chi connectivity index (χ0n) is 11.0. The predicted molar refractivity (Wildman–Crippen MR) is 81.9 cm³/mol. The number of hydrogen-bond donors (Lipinski definition) is 0. The van der Waals surface area contributed by atoms with Crippen LogP contribution in [-0.4, -0.2) is 25.0 Å². The van der Waals surface area contributed by atoms with Crippen LogP contribution in [0.2, 0.25) is 0 Å². The Hall–Kier alpha value is 1.44. The summed E-state index contributed by atoms with van der Waals surface area (Å²) in [6, 6.07) is 0. The molecule has 2 aliphatic rings. The van der Waals surface area contributed by atoms with Crippen LogP contribution in [0.15, 0.2) is 0 Å². The Bertz CT molecular complexity index is 65.0. The summed E-state index contributed by atoms with van der Waals surface area (Å²) in [5, 5.41) is 0. The molecular weight excluding hydrogens is 325 g/mol. The summed E-state index contributed by atoms with van der Waals surface area (Å²) in [4.78, 5) is 0. The Labute approximate surface area is 134 Å². The van der Waals surface area contributed by atoms with Gasteiger partial charge in [0.25, 0.3) is 0 Å². The Balaban J connectivity index is -0.000000157. The van der Waals surface area contributed by atoms with Gasteiger partial charge in [-0.3, -0.25) is 0 Å². The predicted octanol–water partition coefficient (Wildman–Crippen LogP) is 4.00. The van der Waals surface area contributed by atoms with Crippen LogP contribution < -0.4 is 0 Å². The van der Waals surface area contributed by atoms with E-state index in [1.54, 1.807) is 23.5 Å². The average Bonchev–Trinajstić information content (AvgIpc) is 3.00. The van der Waals surface area contributed by atoms with Crippen LogP contribution in [0.5, 0.6) is 0 Å². The third kappa shape index (κ3) is 31.8. The molecule has 2 saturated carbocycles. The molecule has 0 nitrogen and oxygen atoms in total. The van der Waals surface area contributed by atoms with Crippen LogP contribution in [0.25, 0.3) is 0 Å². The fraction of sp³-hybridized carbons (Fsp3) is 0.286. The molecule has 2 fully saturated rings. The molecule has 2 rings (SSSR count). The molecule has 0 unspecified atom stereocenters. The van der Waals surface area contributed by atoms with Gasteiger partial charge < -0.3 is 0 Å². The second kappa shape index (κ2) is 26.1.